The van der Waals surface area contributed by atoms with Crippen LogP contribution in [0.2, 0.25) is 0 Å². The number of piperidine rings is 1. The first-order valence-electron chi connectivity index (χ1n) is 8.94. The number of ether oxygens (including phenoxy) is 2. The van der Waals surface area contributed by atoms with Crippen molar-refractivity contribution in [1.29, 1.82) is 0 Å². The molecule has 2 heterocycles. The standard InChI is InChI=1S/C18H26N4O4S/c1-25-14-15-6-5-9-21(12-15)27(23,24)20-11-16-10-19-22(13-16)17-7-3-4-8-18(17)26-2/h3-4,7-8,10,13,15,20H,5-6,9,11-12,14H2,1-2H3. The van der Waals surface area contributed by atoms with Gasteiger partial charge in [-0.1, -0.05) is 12.1 Å². The highest BCUT2D eigenvalue weighted by molar-refractivity contribution is 7.87. The van der Waals surface area contributed by atoms with Gasteiger partial charge in [0.05, 0.1) is 19.9 Å². The van der Waals surface area contributed by atoms with Crippen molar-refractivity contribution in [2.24, 2.45) is 5.92 Å². The minimum absolute atomic E-state index is 0.183. The van der Waals surface area contributed by atoms with E-state index in [0.717, 1.165) is 24.1 Å². The Kier molecular flexibility index (Phi) is 6.48. The molecule has 1 atom stereocenters. The summed E-state index contributed by atoms with van der Waals surface area (Å²) in [6.45, 7) is 1.79. The van der Waals surface area contributed by atoms with Crippen molar-refractivity contribution in [3.8, 4) is 11.4 Å². The summed E-state index contributed by atoms with van der Waals surface area (Å²) >= 11 is 0. The molecule has 1 saturated heterocycles. The topological polar surface area (TPSA) is 85.7 Å². The number of methoxy groups -OCH3 is 2. The maximum Gasteiger partial charge on any atom is 0.279 e. The summed E-state index contributed by atoms with van der Waals surface area (Å²) in [5.74, 6) is 0.943. The van der Waals surface area contributed by atoms with E-state index in [1.54, 1.807) is 31.3 Å². The van der Waals surface area contributed by atoms with Crippen molar-refractivity contribution in [1.82, 2.24) is 18.8 Å². The zero-order valence-corrected chi connectivity index (χ0v) is 16.5. The van der Waals surface area contributed by atoms with Crippen LogP contribution in [0, 0.1) is 5.92 Å². The molecular formula is C18H26N4O4S. The van der Waals surface area contributed by atoms with Crippen molar-refractivity contribution >= 4 is 10.2 Å². The predicted molar refractivity (Wildman–Crippen MR) is 102 cm³/mol. The number of nitrogens with one attached hydrogen (secondary N) is 1. The Morgan fingerprint density at radius 2 is 2.11 bits per heavy atom. The molecule has 0 amide bonds. The largest absolute Gasteiger partial charge is 0.494 e. The van der Waals surface area contributed by atoms with Crippen LogP contribution in [-0.2, 0) is 21.5 Å². The summed E-state index contributed by atoms with van der Waals surface area (Å²) < 4.78 is 41.6. The van der Waals surface area contributed by atoms with Crippen LogP contribution in [-0.4, -0.2) is 56.4 Å². The minimum Gasteiger partial charge on any atom is -0.494 e. The van der Waals surface area contributed by atoms with E-state index in [4.69, 9.17) is 9.47 Å². The fraction of sp³-hybridized carbons (Fsp3) is 0.500. The molecule has 148 valence electrons. The highest BCUT2D eigenvalue weighted by Gasteiger charge is 2.28. The van der Waals surface area contributed by atoms with Crippen LogP contribution in [0.1, 0.15) is 18.4 Å². The van der Waals surface area contributed by atoms with Gasteiger partial charge in [-0.2, -0.15) is 22.5 Å². The summed E-state index contributed by atoms with van der Waals surface area (Å²) in [6.07, 6.45) is 5.29. The molecule has 1 aliphatic rings. The molecule has 1 aliphatic heterocycles. The van der Waals surface area contributed by atoms with Crippen molar-refractivity contribution < 1.29 is 17.9 Å². The van der Waals surface area contributed by atoms with Gasteiger partial charge in [0, 0.05) is 38.5 Å². The summed E-state index contributed by atoms with van der Waals surface area (Å²) in [5, 5.41) is 4.32. The van der Waals surface area contributed by atoms with Crippen molar-refractivity contribution in [2.75, 3.05) is 33.9 Å². The van der Waals surface area contributed by atoms with E-state index in [-0.39, 0.29) is 12.5 Å². The smallest absolute Gasteiger partial charge is 0.279 e. The molecule has 0 bridgehead atoms. The van der Waals surface area contributed by atoms with Gasteiger partial charge in [0.15, 0.2) is 0 Å². The molecule has 9 heteroatoms. The number of benzene rings is 1. The number of hydrogen-bond acceptors (Lipinski definition) is 5. The number of hydrogen-bond donors (Lipinski definition) is 1. The average Bonchev–Trinajstić information content (AvgIpc) is 3.16. The molecule has 1 aromatic carbocycles. The Bertz CT molecular complexity index is 851. The Morgan fingerprint density at radius 3 is 2.89 bits per heavy atom. The number of rotatable bonds is 8. The zero-order chi connectivity index (χ0) is 19.3. The van der Waals surface area contributed by atoms with Crippen LogP contribution in [0.5, 0.6) is 5.75 Å². The van der Waals surface area contributed by atoms with Gasteiger partial charge in [-0.05, 0) is 30.9 Å². The van der Waals surface area contributed by atoms with Gasteiger partial charge in [-0.15, -0.1) is 0 Å². The third-order valence-electron chi connectivity index (χ3n) is 4.65. The van der Waals surface area contributed by atoms with E-state index in [1.807, 2.05) is 24.3 Å². The molecule has 0 radical (unpaired) electrons. The van der Waals surface area contributed by atoms with Gasteiger partial charge in [0.1, 0.15) is 11.4 Å². The molecule has 2 aromatic rings. The van der Waals surface area contributed by atoms with E-state index in [1.165, 1.54) is 4.31 Å². The molecule has 8 nitrogen and oxygen atoms in total. The van der Waals surface area contributed by atoms with Crippen molar-refractivity contribution in [2.45, 2.75) is 19.4 Å². The third kappa shape index (κ3) is 4.86. The summed E-state index contributed by atoms with van der Waals surface area (Å²) in [7, 11) is -0.287. The first-order chi connectivity index (χ1) is 13.0. The van der Waals surface area contributed by atoms with Crippen LogP contribution in [0.15, 0.2) is 36.7 Å². The second-order valence-corrected chi connectivity index (χ2v) is 8.37. The van der Waals surface area contributed by atoms with Crippen molar-refractivity contribution in [3.05, 3.63) is 42.2 Å². The zero-order valence-electron chi connectivity index (χ0n) is 15.7. The van der Waals surface area contributed by atoms with Gasteiger partial charge in [-0.25, -0.2) is 4.68 Å². The first-order valence-corrected chi connectivity index (χ1v) is 10.4. The van der Waals surface area contributed by atoms with Crippen LogP contribution in [0.4, 0.5) is 0 Å². The SMILES string of the molecule is COCC1CCCN(S(=O)(=O)NCc2cnn(-c3ccccc3OC)c2)C1. The van der Waals surface area contributed by atoms with Crippen LogP contribution in [0.3, 0.4) is 0 Å². The third-order valence-corrected chi connectivity index (χ3v) is 6.17. The Balaban J connectivity index is 1.64. The van der Waals surface area contributed by atoms with Gasteiger partial charge in [-0.3, -0.25) is 0 Å². The lowest BCUT2D eigenvalue weighted by atomic mass is 10.0. The molecule has 1 N–H and O–H groups in total. The molecule has 3 rings (SSSR count). The van der Waals surface area contributed by atoms with E-state index < -0.39 is 10.2 Å². The highest BCUT2D eigenvalue weighted by Crippen LogP contribution is 2.22. The maximum atomic E-state index is 12.6. The van der Waals surface area contributed by atoms with Gasteiger partial charge >= 0.3 is 0 Å². The second-order valence-electron chi connectivity index (χ2n) is 6.61. The summed E-state index contributed by atoms with van der Waals surface area (Å²) in [4.78, 5) is 0. The van der Waals surface area contributed by atoms with Crippen LogP contribution in [0.25, 0.3) is 5.69 Å². The first kappa shape index (κ1) is 19.8. The Hall–Kier alpha value is -1.94. The maximum absolute atomic E-state index is 12.6. The summed E-state index contributed by atoms with van der Waals surface area (Å²) in [5.41, 5.74) is 1.57. The normalized spacial score (nSPS) is 18.5. The fourth-order valence-corrected chi connectivity index (χ4v) is 4.59. The lowest BCUT2D eigenvalue weighted by molar-refractivity contribution is 0.118. The molecule has 1 aromatic heterocycles. The number of aromatic nitrogens is 2. The quantitative estimate of drug-likeness (QED) is 0.735. The second kappa shape index (κ2) is 8.83. The van der Waals surface area contributed by atoms with E-state index >= 15 is 0 Å². The van der Waals surface area contributed by atoms with Crippen LogP contribution < -0.4 is 9.46 Å². The molecule has 0 spiro atoms. The van der Waals surface area contributed by atoms with Crippen molar-refractivity contribution in [3.63, 3.8) is 0 Å². The van der Waals surface area contributed by atoms with E-state index in [9.17, 15) is 8.42 Å². The Labute approximate surface area is 160 Å². The Morgan fingerprint density at radius 1 is 1.30 bits per heavy atom. The van der Waals surface area contributed by atoms with E-state index in [0.29, 0.717) is 25.4 Å². The lowest BCUT2D eigenvalue weighted by Crippen LogP contribution is -2.46. The molecule has 27 heavy (non-hydrogen) atoms. The minimum atomic E-state index is -3.53. The van der Waals surface area contributed by atoms with E-state index in [2.05, 4.69) is 9.82 Å². The predicted octanol–water partition coefficient (Wildman–Crippen LogP) is 1.57. The average molecular weight is 394 g/mol. The molecule has 1 unspecified atom stereocenters. The van der Waals surface area contributed by atoms with Crippen LogP contribution >= 0.6 is 0 Å². The lowest BCUT2D eigenvalue weighted by Gasteiger charge is -2.31. The number of para-hydroxylation sites is 2. The molecule has 0 aliphatic carbocycles. The molecular weight excluding hydrogens is 368 g/mol. The fourth-order valence-electron chi connectivity index (χ4n) is 3.28. The summed E-state index contributed by atoms with van der Waals surface area (Å²) in [6, 6.07) is 7.53. The monoisotopic (exact) mass is 394 g/mol. The number of nitrogens with zero attached hydrogens (tertiary/aromatic N) is 3. The molecule has 1 fully saturated rings. The van der Waals surface area contributed by atoms with Gasteiger partial charge < -0.3 is 9.47 Å². The highest BCUT2D eigenvalue weighted by atomic mass is 32.2. The van der Waals surface area contributed by atoms with Gasteiger partial charge in [0.2, 0.25) is 0 Å². The molecule has 0 saturated carbocycles. The van der Waals surface area contributed by atoms with Gasteiger partial charge in [0.25, 0.3) is 10.2 Å².